The van der Waals surface area contributed by atoms with Crippen LogP contribution in [-0.4, -0.2) is 11.2 Å². The second-order valence-corrected chi connectivity index (χ2v) is 3.51. The molecule has 1 amide bonds. The van der Waals surface area contributed by atoms with E-state index in [9.17, 15) is 4.79 Å². The van der Waals surface area contributed by atoms with Gasteiger partial charge < -0.3 is 15.0 Å². The van der Waals surface area contributed by atoms with Crippen LogP contribution in [-0.2, 0) is 5.41 Å². The van der Waals surface area contributed by atoms with Gasteiger partial charge in [-0.15, -0.1) is 0 Å². The van der Waals surface area contributed by atoms with Gasteiger partial charge in [0.15, 0.2) is 0 Å². The molecule has 1 saturated carbocycles. The van der Waals surface area contributed by atoms with Gasteiger partial charge in [0, 0.05) is 11.5 Å². The number of hydrogen-bond donors (Lipinski definition) is 1. The van der Waals surface area contributed by atoms with Crippen LogP contribution in [0.1, 0.15) is 25.5 Å². The van der Waals surface area contributed by atoms with Gasteiger partial charge in [-0.3, -0.25) is 0 Å². The highest BCUT2D eigenvalue weighted by Gasteiger charge is 2.42. The first-order valence-corrected chi connectivity index (χ1v) is 4.05. The van der Waals surface area contributed by atoms with E-state index in [4.69, 9.17) is 10.3 Å². The van der Waals surface area contributed by atoms with Crippen LogP contribution >= 0.6 is 0 Å². The first-order valence-electron chi connectivity index (χ1n) is 4.05. The van der Waals surface area contributed by atoms with Gasteiger partial charge in [0.1, 0.15) is 0 Å². The number of amides is 1. The van der Waals surface area contributed by atoms with Crippen molar-refractivity contribution in [2.24, 2.45) is 5.73 Å². The minimum absolute atomic E-state index is 0.0654. The highest BCUT2D eigenvalue weighted by molar-refractivity contribution is 5.67. The minimum atomic E-state index is -0.886. The molecule has 0 atom stereocenters. The molecule has 0 spiro atoms. The number of nitrogens with zero attached hydrogens (tertiary/aromatic N) is 1. The normalized spacial score (nSPS) is 18.2. The number of carbonyl (C=O) groups is 1. The van der Waals surface area contributed by atoms with E-state index >= 15 is 0 Å². The topological polar surface area (TPSA) is 78.4 Å². The summed E-state index contributed by atoms with van der Waals surface area (Å²) in [7, 11) is 0. The zero-order valence-electron chi connectivity index (χ0n) is 7.24. The van der Waals surface area contributed by atoms with Crippen molar-refractivity contribution in [2.45, 2.75) is 25.2 Å². The van der Waals surface area contributed by atoms with Crippen LogP contribution < -0.4 is 10.5 Å². The summed E-state index contributed by atoms with van der Waals surface area (Å²) in [5.41, 5.74) is 5.75. The fourth-order valence-corrected chi connectivity index (χ4v) is 1.13. The Morgan fingerprint density at radius 2 is 2.46 bits per heavy atom. The third-order valence-electron chi connectivity index (χ3n) is 2.31. The molecule has 13 heavy (non-hydrogen) atoms. The lowest BCUT2D eigenvalue weighted by Gasteiger charge is -1.98. The van der Waals surface area contributed by atoms with Gasteiger partial charge in [-0.25, -0.2) is 4.79 Å². The average Bonchev–Trinajstić information content (AvgIpc) is 2.62. The summed E-state index contributed by atoms with van der Waals surface area (Å²) >= 11 is 0. The maximum atomic E-state index is 10.4. The SMILES string of the molecule is CC1(c2cc(OC(N)=O)on2)CC1. The van der Waals surface area contributed by atoms with Crippen LogP contribution in [0.4, 0.5) is 4.79 Å². The van der Waals surface area contributed by atoms with Gasteiger partial charge in [-0.05, 0) is 12.8 Å². The lowest BCUT2D eigenvalue weighted by atomic mass is 10.1. The molecular weight excluding hydrogens is 172 g/mol. The molecular formula is C8H10N2O3. The third kappa shape index (κ3) is 1.49. The van der Waals surface area contributed by atoms with Crippen LogP contribution in [0.25, 0.3) is 0 Å². The summed E-state index contributed by atoms with van der Waals surface area (Å²) in [6.45, 7) is 2.08. The second-order valence-electron chi connectivity index (χ2n) is 3.51. The van der Waals surface area contributed by atoms with Crippen molar-refractivity contribution in [1.29, 1.82) is 0 Å². The predicted octanol–water partition coefficient (Wildman–Crippen LogP) is 1.18. The van der Waals surface area contributed by atoms with Crippen LogP contribution in [0.15, 0.2) is 10.6 Å². The molecule has 2 rings (SSSR count). The quantitative estimate of drug-likeness (QED) is 0.744. The van der Waals surface area contributed by atoms with Crippen molar-refractivity contribution >= 4 is 6.09 Å². The average molecular weight is 182 g/mol. The number of nitrogens with two attached hydrogens (primary N) is 1. The maximum Gasteiger partial charge on any atom is 0.412 e. The standard InChI is InChI=1S/C8H10N2O3/c1-8(2-3-8)5-4-6(13-10-5)12-7(9)11/h4H,2-3H2,1H3,(H2,9,11). The van der Waals surface area contributed by atoms with Crippen molar-refractivity contribution in [3.05, 3.63) is 11.8 Å². The molecule has 1 aromatic heterocycles. The molecule has 1 fully saturated rings. The Bertz CT molecular complexity index is 341. The maximum absolute atomic E-state index is 10.4. The number of rotatable bonds is 2. The zero-order valence-corrected chi connectivity index (χ0v) is 7.24. The van der Waals surface area contributed by atoms with Gasteiger partial charge in [-0.1, -0.05) is 12.1 Å². The van der Waals surface area contributed by atoms with Gasteiger partial charge in [0.2, 0.25) is 0 Å². The molecule has 0 aromatic carbocycles. The first kappa shape index (κ1) is 8.10. The van der Waals surface area contributed by atoms with E-state index in [0.29, 0.717) is 0 Å². The van der Waals surface area contributed by atoms with E-state index in [2.05, 4.69) is 16.8 Å². The molecule has 1 aliphatic carbocycles. The smallest absolute Gasteiger partial charge is 0.374 e. The van der Waals surface area contributed by atoms with E-state index < -0.39 is 6.09 Å². The molecule has 1 aromatic rings. The van der Waals surface area contributed by atoms with Gasteiger partial charge in [0.05, 0.1) is 5.69 Å². The summed E-state index contributed by atoms with van der Waals surface area (Å²) in [4.78, 5) is 10.4. The van der Waals surface area contributed by atoms with Gasteiger partial charge in [-0.2, -0.15) is 0 Å². The van der Waals surface area contributed by atoms with Crippen LogP contribution in [0.3, 0.4) is 0 Å². The Hall–Kier alpha value is -1.52. The van der Waals surface area contributed by atoms with E-state index in [1.54, 1.807) is 6.07 Å². The zero-order chi connectivity index (χ0) is 9.47. The van der Waals surface area contributed by atoms with Crippen LogP contribution in [0.2, 0.25) is 0 Å². The highest BCUT2D eigenvalue weighted by Crippen LogP contribution is 2.47. The number of hydrogen-bond acceptors (Lipinski definition) is 4. The van der Waals surface area contributed by atoms with E-state index in [0.717, 1.165) is 18.5 Å². The molecule has 5 heteroatoms. The second kappa shape index (κ2) is 2.48. The first-order chi connectivity index (χ1) is 6.10. The highest BCUT2D eigenvalue weighted by atomic mass is 16.7. The lowest BCUT2D eigenvalue weighted by molar-refractivity contribution is 0.190. The number of primary amides is 1. The fourth-order valence-electron chi connectivity index (χ4n) is 1.13. The molecule has 1 heterocycles. The Balaban J connectivity index is 2.14. The molecule has 0 aliphatic heterocycles. The Kier molecular flexibility index (Phi) is 1.55. The van der Waals surface area contributed by atoms with Crippen molar-refractivity contribution in [3.63, 3.8) is 0 Å². The Morgan fingerprint density at radius 1 is 1.77 bits per heavy atom. The Labute approximate surface area is 74.8 Å². The number of aromatic nitrogens is 1. The summed E-state index contributed by atoms with van der Waals surface area (Å²) < 4.78 is 9.30. The lowest BCUT2D eigenvalue weighted by Crippen LogP contribution is -2.15. The summed E-state index contributed by atoms with van der Waals surface area (Å²) in [6, 6.07) is 1.61. The number of ether oxygens (including phenoxy) is 1. The van der Waals surface area contributed by atoms with Crippen molar-refractivity contribution in [3.8, 4) is 5.95 Å². The van der Waals surface area contributed by atoms with Gasteiger partial charge in [0.25, 0.3) is 0 Å². The summed E-state index contributed by atoms with van der Waals surface area (Å²) in [6.07, 6.45) is 1.30. The van der Waals surface area contributed by atoms with Crippen molar-refractivity contribution in [2.75, 3.05) is 0 Å². The predicted molar refractivity (Wildman–Crippen MR) is 43.3 cm³/mol. The minimum Gasteiger partial charge on any atom is -0.374 e. The molecule has 0 radical (unpaired) electrons. The van der Waals surface area contributed by atoms with Crippen molar-refractivity contribution in [1.82, 2.24) is 5.16 Å². The van der Waals surface area contributed by atoms with Crippen LogP contribution in [0.5, 0.6) is 5.95 Å². The van der Waals surface area contributed by atoms with Crippen LogP contribution in [0, 0.1) is 0 Å². The number of carbonyl (C=O) groups excluding carboxylic acids is 1. The molecule has 0 unspecified atom stereocenters. The van der Waals surface area contributed by atoms with Gasteiger partial charge >= 0.3 is 12.0 Å². The summed E-state index contributed by atoms with van der Waals surface area (Å²) in [5.74, 6) is 0.0654. The van der Waals surface area contributed by atoms with E-state index in [1.165, 1.54) is 0 Å². The van der Waals surface area contributed by atoms with E-state index in [1.807, 2.05) is 0 Å². The molecule has 5 nitrogen and oxygen atoms in total. The van der Waals surface area contributed by atoms with Crippen molar-refractivity contribution < 1.29 is 14.1 Å². The fraction of sp³-hybridized carbons (Fsp3) is 0.500. The summed E-state index contributed by atoms with van der Waals surface area (Å²) in [5, 5.41) is 3.80. The molecule has 0 saturated heterocycles. The largest absolute Gasteiger partial charge is 0.412 e. The van der Waals surface area contributed by atoms with E-state index in [-0.39, 0.29) is 11.4 Å². The molecule has 70 valence electrons. The Morgan fingerprint density at radius 3 is 3.00 bits per heavy atom. The third-order valence-corrected chi connectivity index (χ3v) is 2.31. The molecule has 2 N–H and O–H groups in total. The molecule has 0 bridgehead atoms. The molecule has 1 aliphatic rings. The monoisotopic (exact) mass is 182 g/mol.